The van der Waals surface area contributed by atoms with Crippen LogP contribution in [0.3, 0.4) is 0 Å². The van der Waals surface area contributed by atoms with Gasteiger partial charge in [-0.3, -0.25) is 4.79 Å². The summed E-state index contributed by atoms with van der Waals surface area (Å²) in [6, 6.07) is 4.01. The normalized spacial score (nSPS) is 20.8. The number of carbonyl (C=O) groups is 1. The lowest BCUT2D eigenvalue weighted by Crippen LogP contribution is -2.31. The third kappa shape index (κ3) is 1.97. The lowest BCUT2D eigenvalue weighted by Gasteiger charge is -2.18. The van der Waals surface area contributed by atoms with Crippen molar-refractivity contribution in [1.82, 2.24) is 9.47 Å². The van der Waals surface area contributed by atoms with Crippen molar-refractivity contribution in [1.29, 1.82) is 0 Å². The molecule has 1 aromatic rings. The number of aliphatic hydroxyl groups is 1. The molecule has 1 amide bonds. The Bertz CT molecular complexity index is 384. The van der Waals surface area contributed by atoms with Crippen molar-refractivity contribution in [3.63, 3.8) is 0 Å². The van der Waals surface area contributed by atoms with Gasteiger partial charge in [-0.15, -0.1) is 0 Å². The molecular formula is C12H18N2O2. The van der Waals surface area contributed by atoms with Crippen molar-refractivity contribution in [2.24, 2.45) is 0 Å². The standard InChI is InChI=1S/C12H18N2O2/c1-9(2)14-6-3-4-11(14)12(16)13-7-5-10(15)8-13/h3-4,6,9-10,15H,5,7-8H2,1-2H3/t10-/m1/s1. The zero-order valence-electron chi connectivity index (χ0n) is 9.76. The van der Waals surface area contributed by atoms with Crippen LogP contribution >= 0.6 is 0 Å². The molecule has 4 nitrogen and oxygen atoms in total. The second kappa shape index (κ2) is 4.29. The summed E-state index contributed by atoms with van der Waals surface area (Å²) in [4.78, 5) is 13.9. The van der Waals surface area contributed by atoms with E-state index in [1.54, 1.807) is 4.90 Å². The maximum Gasteiger partial charge on any atom is 0.270 e. The van der Waals surface area contributed by atoms with Gasteiger partial charge in [-0.05, 0) is 32.4 Å². The highest BCUT2D eigenvalue weighted by Gasteiger charge is 2.27. The van der Waals surface area contributed by atoms with E-state index in [1.165, 1.54) is 0 Å². The maximum absolute atomic E-state index is 12.2. The molecule has 2 rings (SSSR count). The molecule has 1 fully saturated rings. The minimum atomic E-state index is -0.355. The van der Waals surface area contributed by atoms with E-state index in [2.05, 4.69) is 13.8 Å². The summed E-state index contributed by atoms with van der Waals surface area (Å²) >= 11 is 0. The minimum Gasteiger partial charge on any atom is -0.391 e. The molecule has 0 aromatic carbocycles. The predicted octanol–water partition coefficient (Wildman–Crippen LogP) is 1.28. The van der Waals surface area contributed by atoms with E-state index < -0.39 is 0 Å². The molecule has 1 aromatic heterocycles. The number of nitrogens with zero attached hydrogens (tertiary/aromatic N) is 2. The Kier molecular flexibility index (Phi) is 3.01. The van der Waals surface area contributed by atoms with Gasteiger partial charge in [0.05, 0.1) is 6.10 Å². The van der Waals surface area contributed by atoms with Gasteiger partial charge in [0.2, 0.25) is 0 Å². The van der Waals surface area contributed by atoms with Crippen molar-refractivity contribution in [3.05, 3.63) is 24.0 Å². The van der Waals surface area contributed by atoms with Crippen LogP contribution in [0.15, 0.2) is 18.3 Å². The summed E-state index contributed by atoms with van der Waals surface area (Å²) in [5.74, 6) is 0.0234. The van der Waals surface area contributed by atoms with E-state index in [9.17, 15) is 9.90 Å². The van der Waals surface area contributed by atoms with Gasteiger partial charge >= 0.3 is 0 Å². The number of rotatable bonds is 2. The highest BCUT2D eigenvalue weighted by molar-refractivity contribution is 5.93. The van der Waals surface area contributed by atoms with E-state index in [1.807, 2.05) is 22.9 Å². The molecule has 1 N–H and O–H groups in total. The molecular weight excluding hydrogens is 204 g/mol. The average Bonchev–Trinajstić information content (AvgIpc) is 2.84. The lowest BCUT2D eigenvalue weighted by molar-refractivity contribution is 0.0753. The Labute approximate surface area is 95.5 Å². The topological polar surface area (TPSA) is 45.5 Å². The van der Waals surface area contributed by atoms with Crippen molar-refractivity contribution in [2.45, 2.75) is 32.4 Å². The Balaban J connectivity index is 2.17. The van der Waals surface area contributed by atoms with Crippen LogP contribution in [0.25, 0.3) is 0 Å². The summed E-state index contributed by atoms with van der Waals surface area (Å²) in [6.07, 6.45) is 2.25. The molecule has 1 aliphatic heterocycles. The van der Waals surface area contributed by atoms with Gasteiger partial charge in [0.1, 0.15) is 5.69 Å². The van der Waals surface area contributed by atoms with Crippen molar-refractivity contribution in [3.8, 4) is 0 Å². The highest BCUT2D eigenvalue weighted by atomic mass is 16.3. The van der Waals surface area contributed by atoms with Gasteiger partial charge < -0.3 is 14.6 Å². The molecule has 0 radical (unpaired) electrons. The van der Waals surface area contributed by atoms with Gasteiger partial charge in [-0.2, -0.15) is 0 Å². The Morgan fingerprint density at radius 3 is 2.88 bits per heavy atom. The quantitative estimate of drug-likeness (QED) is 0.819. The second-order valence-electron chi connectivity index (χ2n) is 4.59. The molecule has 0 spiro atoms. The molecule has 0 bridgehead atoms. The zero-order chi connectivity index (χ0) is 11.7. The van der Waals surface area contributed by atoms with Crippen LogP contribution in [-0.4, -0.2) is 39.7 Å². The smallest absolute Gasteiger partial charge is 0.270 e. The van der Waals surface area contributed by atoms with E-state index in [-0.39, 0.29) is 18.1 Å². The van der Waals surface area contributed by atoms with Crippen LogP contribution in [0, 0.1) is 0 Å². The summed E-state index contributed by atoms with van der Waals surface area (Å²) in [7, 11) is 0. The number of aromatic nitrogens is 1. The number of amides is 1. The number of hydrogen-bond donors (Lipinski definition) is 1. The number of β-amino-alcohol motifs (C(OH)–C–C–N with tert-alkyl or cyclic N) is 1. The molecule has 1 aliphatic rings. The van der Waals surface area contributed by atoms with Gasteiger partial charge in [-0.1, -0.05) is 0 Å². The van der Waals surface area contributed by atoms with Gasteiger partial charge in [-0.25, -0.2) is 0 Å². The highest BCUT2D eigenvalue weighted by Crippen LogP contribution is 2.16. The Morgan fingerprint density at radius 1 is 1.56 bits per heavy atom. The molecule has 16 heavy (non-hydrogen) atoms. The lowest BCUT2D eigenvalue weighted by atomic mass is 10.3. The first-order valence-corrected chi connectivity index (χ1v) is 5.73. The second-order valence-corrected chi connectivity index (χ2v) is 4.59. The third-order valence-corrected chi connectivity index (χ3v) is 3.00. The third-order valence-electron chi connectivity index (χ3n) is 3.00. The molecule has 88 valence electrons. The molecule has 4 heteroatoms. The fourth-order valence-corrected chi connectivity index (χ4v) is 2.11. The van der Waals surface area contributed by atoms with Crippen LogP contribution in [0.2, 0.25) is 0 Å². The van der Waals surface area contributed by atoms with Crippen molar-refractivity contribution in [2.75, 3.05) is 13.1 Å². The van der Waals surface area contributed by atoms with Crippen LogP contribution in [-0.2, 0) is 0 Å². The summed E-state index contributed by atoms with van der Waals surface area (Å²) in [5, 5.41) is 9.42. The molecule has 1 saturated heterocycles. The SMILES string of the molecule is CC(C)n1cccc1C(=O)N1CC[C@@H](O)C1. The van der Waals surface area contributed by atoms with E-state index in [0.29, 0.717) is 25.2 Å². The maximum atomic E-state index is 12.2. The minimum absolute atomic E-state index is 0.0234. The van der Waals surface area contributed by atoms with Crippen LogP contribution in [0.1, 0.15) is 36.8 Å². The molecule has 0 unspecified atom stereocenters. The molecule has 1 atom stereocenters. The van der Waals surface area contributed by atoms with Crippen LogP contribution < -0.4 is 0 Å². The number of carbonyl (C=O) groups excluding carboxylic acids is 1. The first-order valence-electron chi connectivity index (χ1n) is 5.73. The van der Waals surface area contributed by atoms with E-state index in [0.717, 1.165) is 0 Å². The van der Waals surface area contributed by atoms with Crippen molar-refractivity contribution < 1.29 is 9.90 Å². The van der Waals surface area contributed by atoms with Gasteiger partial charge in [0, 0.05) is 25.3 Å². The Hall–Kier alpha value is -1.29. The Morgan fingerprint density at radius 2 is 2.31 bits per heavy atom. The summed E-state index contributed by atoms with van der Waals surface area (Å²) < 4.78 is 1.97. The summed E-state index contributed by atoms with van der Waals surface area (Å²) in [6.45, 7) is 5.22. The predicted molar refractivity (Wildman–Crippen MR) is 61.3 cm³/mol. The van der Waals surface area contributed by atoms with Crippen molar-refractivity contribution >= 4 is 5.91 Å². The van der Waals surface area contributed by atoms with Crippen LogP contribution in [0.5, 0.6) is 0 Å². The monoisotopic (exact) mass is 222 g/mol. The van der Waals surface area contributed by atoms with Crippen LogP contribution in [0.4, 0.5) is 0 Å². The first-order chi connectivity index (χ1) is 7.59. The molecule has 0 saturated carbocycles. The molecule has 0 aliphatic carbocycles. The molecule has 2 heterocycles. The average molecular weight is 222 g/mol. The largest absolute Gasteiger partial charge is 0.391 e. The van der Waals surface area contributed by atoms with Gasteiger partial charge in [0.25, 0.3) is 5.91 Å². The number of hydrogen-bond acceptors (Lipinski definition) is 2. The fraction of sp³-hybridized carbons (Fsp3) is 0.583. The van der Waals surface area contributed by atoms with E-state index >= 15 is 0 Å². The number of likely N-dealkylation sites (tertiary alicyclic amines) is 1. The zero-order valence-corrected chi connectivity index (χ0v) is 9.76. The van der Waals surface area contributed by atoms with Gasteiger partial charge in [0.15, 0.2) is 0 Å². The number of aliphatic hydroxyl groups excluding tert-OH is 1. The first kappa shape index (κ1) is 11.2. The summed E-state index contributed by atoms with van der Waals surface area (Å²) in [5.41, 5.74) is 0.712. The fourth-order valence-electron chi connectivity index (χ4n) is 2.11. The van der Waals surface area contributed by atoms with E-state index in [4.69, 9.17) is 0 Å².